The van der Waals surface area contributed by atoms with Gasteiger partial charge in [0, 0.05) is 23.8 Å². The second kappa shape index (κ2) is 5.77. The molecule has 0 aliphatic heterocycles. The number of fused-ring (bicyclic) bond motifs is 5. The molecule has 1 N–H and O–H groups in total. The third-order valence-corrected chi connectivity index (χ3v) is 5.99. The van der Waals surface area contributed by atoms with E-state index in [0.717, 1.165) is 40.7 Å². The molecule has 0 saturated heterocycles. The Morgan fingerprint density at radius 1 is 1.40 bits per heavy atom. The van der Waals surface area contributed by atoms with E-state index in [9.17, 15) is 0 Å². The standard InChI is InChI=1S/C18H18N6S/c1-11-4-5-13-14(7-11)25-17-15(13)16-21-10-22-24(16)18(23-17)20-9-12-3-2-6-19-8-12/h2-3,6,8,10-11H,4-5,7,9H2,1H3,(H,20,23). The average Bonchev–Trinajstić information content (AvgIpc) is 3.23. The Morgan fingerprint density at radius 2 is 2.36 bits per heavy atom. The minimum absolute atomic E-state index is 0.656. The van der Waals surface area contributed by atoms with Gasteiger partial charge in [-0.3, -0.25) is 4.98 Å². The molecule has 4 aromatic rings. The molecule has 1 aliphatic rings. The van der Waals surface area contributed by atoms with Crippen molar-refractivity contribution < 1.29 is 0 Å². The van der Waals surface area contributed by atoms with Crippen LogP contribution in [0.4, 0.5) is 5.95 Å². The van der Waals surface area contributed by atoms with Gasteiger partial charge in [0.25, 0.3) is 0 Å². The Kier molecular flexibility index (Phi) is 3.41. The molecule has 126 valence electrons. The first kappa shape index (κ1) is 14.8. The van der Waals surface area contributed by atoms with Gasteiger partial charge in [0.2, 0.25) is 5.95 Å². The number of thiophene rings is 1. The molecule has 0 saturated carbocycles. The van der Waals surface area contributed by atoms with E-state index in [1.54, 1.807) is 12.5 Å². The number of nitrogens with zero attached hydrogens (tertiary/aromatic N) is 5. The molecule has 0 aromatic carbocycles. The predicted octanol–water partition coefficient (Wildman–Crippen LogP) is 3.47. The van der Waals surface area contributed by atoms with E-state index in [4.69, 9.17) is 4.98 Å². The first-order valence-electron chi connectivity index (χ1n) is 8.56. The van der Waals surface area contributed by atoms with Crippen LogP contribution in [-0.2, 0) is 19.4 Å². The van der Waals surface area contributed by atoms with Crippen molar-refractivity contribution >= 4 is 33.1 Å². The van der Waals surface area contributed by atoms with Gasteiger partial charge in [-0.1, -0.05) is 13.0 Å². The van der Waals surface area contributed by atoms with Gasteiger partial charge in [-0.15, -0.1) is 11.3 Å². The van der Waals surface area contributed by atoms with E-state index in [2.05, 4.69) is 27.3 Å². The summed E-state index contributed by atoms with van der Waals surface area (Å²) in [5.74, 6) is 1.48. The predicted molar refractivity (Wildman–Crippen MR) is 98.9 cm³/mol. The Hall–Kier alpha value is -2.54. The van der Waals surface area contributed by atoms with Gasteiger partial charge in [0.15, 0.2) is 5.65 Å². The first-order valence-corrected chi connectivity index (χ1v) is 9.38. The van der Waals surface area contributed by atoms with Crippen LogP contribution in [0.15, 0.2) is 30.9 Å². The van der Waals surface area contributed by atoms with Crippen LogP contribution in [0.25, 0.3) is 15.9 Å². The number of aryl methyl sites for hydroxylation is 1. The second-order valence-corrected chi connectivity index (χ2v) is 7.76. The summed E-state index contributed by atoms with van der Waals surface area (Å²) in [5.41, 5.74) is 3.45. The van der Waals surface area contributed by atoms with Gasteiger partial charge < -0.3 is 5.32 Å². The number of hydrogen-bond donors (Lipinski definition) is 1. The van der Waals surface area contributed by atoms with Crippen LogP contribution < -0.4 is 5.32 Å². The third kappa shape index (κ3) is 2.46. The van der Waals surface area contributed by atoms with Gasteiger partial charge in [0.05, 0.1) is 5.39 Å². The van der Waals surface area contributed by atoms with E-state index in [-0.39, 0.29) is 0 Å². The van der Waals surface area contributed by atoms with Crippen LogP contribution in [0.5, 0.6) is 0 Å². The van der Waals surface area contributed by atoms with Gasteiger partial charge >= 0.3 is 0 Å². The minimum Gasteiger partial charge on any atom is -0.350 e. The zero-order chi connectivity index (χ0) is 16.8. The normalized spacial score (nSPS) is 17.1. The molecule has 0 amide bonds. The van der Waals surface area contributed by atoms with Gasteiger partial charge in [0.1, 0.15) is 11.2 Å². The summed E-state index contributed by atoms with van der Waals surface area (Å²) in [6.45, 7) is 2.98. The highest BCUT2D eigenvalue weighted by atomic mass is 32.1. The van der Waals surface area contributed by atoms with E-state index in [0.29, 0.717) is 6.54 Å². The maximum Gasteiger partial charge on any atom is 0.227 e. The van der Waals surface area contributed by atoms with Crippen LogP contribution in [-0.4, -0.2) is 24.6 Å². The molecule has 0 radical (unpaired) electrons. The van der Waals surface area contributed by atoms with Crippen molar-refractivity contribution in [2.75, 3.05) is 5.32 Å². The van der Waals surface area contributed by atoms with Crippen LogP contribution in [0.1, 0.15) is 29.3 Å². The molecule has 4 heterocycles. The highest BCUT2D eigenvalue weighted by Crippen LogP contribution is 2.39. The lowest BCUT2D eigenvalue weighted by Gasteiger charge is -2.17. The van der Waals surface area contributed by atoms with Crippen molar-refractivity contribution in [3.63, 3.8) is 0 Å². The molecule has 1 aliphatic carbocycles. The number of anilines is 1. The molecular formula is C18H18N6S. The lowest BCUT2D eigenvalue weighted by atomic mass is 9.89. The highest BCUT2D eigenvalue weighted by Gasteiger charge is 2.24. The van der Waals surface area contributed by atoms with Crippen molar-refractivity contribution in [1.29, 1.82) is 0 Å². The van der Waals surface area contributed by atoms with E-state index in [1.165, 1.54) is 22.2 Å². The Balaban J connectivity index is 1.60. The molecule has 1 atom stereocenters. The van der Waals surface area contributed by atoms with E-state index in [1.807, 2.05) is 34.2 Å². The van der Waals surface area contributed by atoms with E-state index < -0.39 is 0 Å². The molecule has 1 unspecified atom stereocenters. The molecule has 5 rings (SSSR count). The summed E-state index contributed by atoms with van der Waals surface area (Å²) in [4.78, 5) is 16.1. The van der Waals surface area contributed by atoms with Crippen molar-refractivity contribution in [2.45, 2.75) is 32.7 Å². The second-order valence-electron chi connectivity index (χ2n) is 6.68. The minimum atomic E-state index is 0.656. The average molecular weight is 350 g/mol. The van der Waals surface area contributed by atoms with Gasteiger partial charge in [-0.05, 0) is 42.4 Å². The molecule has 4 aromatic heterocycles. The fraction of sp³-hybridized carbons (Fsp3) is 0.333. The zero-order valence-corrected chi connectivity index (χ0v) is 14.8. The number of nitrogens with one attached hydrogen (secondary N) is 1. The van der Waals surface area contributed by atoms with Crippen molar-refractivity contribution in [3.05, 3.63) is 46.9 Å². The summed E-state index contributed by atoms with van der Waals surface area (Å²) in [6.07, 6.45) is 8.75. The monoisotopic (exact) mass is 350 g/mol. The summed E-state index contributed by atoms with van der Waals surface area (Å²) in [5, 5.41) is 8.97. The number of hydrogen-bond acceptors (Lipinski definition) is 6. The quantitative estimate of drug-likeness (QED) is 0.613. The fourth-order valence-corrected chi connectivity index (χ4v) is 4.93. The molecular weight excluding hydrogens is 332 g/mol. The molecule has 7 heteroatoms. The summed E-state index contributed by atoms with van der Waals surface area (Å²) in [7, 11) is 0. The molecule has 25 heavy (non-hydrogen) atoms. The number of rotatable bonds is 3. The molecule has 0 spiro atoms. The Bertz CT molecular complexity index is 1050. The Labute approximate surface area is 149 Å². The van der Waals surface area contributed by atoms with E-state index >= 15 is 0 Å². The van der Waals surface area contributed by atoms with Crippen molar-refractivity contribution in [2.24, 2.45) is 5.92 Å². The maximum atomic E-state index is 4.87. The summed E-state index contributed by atoms with van der Waals surface area (Å²) < 4.78 is 1.82. The molecule has 0 bridgehead atoms. The number of pyridine rings is 1. The van der Waals surface area contributed by atoms with Gasteiger partial charge in [-0.2, -0.15) is 9.61 Å². The first-order chi connectivity index (χ1) is 12.3. The third-order valence-electron chi connectivity index (χ3n) is 4.85. The lowest BCUT2D eigenvalue weighted by Crippen LogP contribution is -2.10. The van der Waals surface area contributed by atoms with Crippen molar-refractivity contribution in [1.82, 2.24) is 24.6 Å². The Morgan fingerprint density at radius 3 is 3.24 bits per heavy atom. The van der Waals surface area contributed by atoms with Crippen LogP contribution >= 0.6 is 11.3 Å². The fourth-order valence-electron chi connectivity index (χ4n) is 3.55. The van der Waals surface area contributed by atoms with Crippen LogP contribution in [0.2, 0.25) is 0 Å². The zero-order valence-electron chi connectivity index (χ0n) is 13.9. The summed E-state index contributed by atoms with van der Waals surface area (Å²) in [6, 6.07) is 3.98. The SMILES string of the molecule is CC1CCc2c(sc3nc(NCc4cccnc4)n4ncnc4c23)C1. The smallest absolute Gasteiger partial charge is 0.227 e. The van der Waals surface area contributed by atoms with Crippen LogP contribution in [0, 0.1) is 5.92 Å². The van der Waals surface area contributed by atoms with Crippen LogP contribution in [0.3, 0.4) is 0 Å². The highest BCUT2D eigenvalue weighted by molar-refractivity contribution is 7.19. The number of aromatic nitrogens is 5. The van der Waals surface area contributed by atoms with Gasteiger partial charge in [-0.25, -0.2) is 9.97 Å². The molecule has 6 nitrogen and oxygen atoms in total. The maximum absolute atomic E-state index is 4.87. The van der Waals surface area contributed by atoms with Crippen molar-refractivity contribution in [3.8, 4) is 0 Å². The largest absolute Gasteiger partial charge is 0.350 e. The lowest BCUT2D eigenvalue weighted by molar-refractivity contribution is 0.509. The summed E-state index contributed by atoms with van der Waals surface area (Å²) >= 11 is 1.81. The molecule has 0 fully saturated rings. The topological polar surface area (TPSA) is 68.0 Å².